The van der Waals surface area contributed by atoms with Gasteiger partial charge in [0.05, 0.1) is 22.8 Å². The van der Waals surface area contributed by atoms with E-state index in [1.807, 2.05) is 30.3 Å². The molecule has 0 radical (unpaired) electrons. The van der Waals surface area contributed by atoms with Crippen LogP contribution in [0, 0.1) is 0 Å². The molecule has 1 amide bonds. The molecule has 0 saturated carbocycles. The number of hydrogen-bond acceptors (Lipinski definition) is 6. The van der Waals surface area contributed by atoms with E-state index in [2.05, 4.69) is 0 Å². The molecule has 7 nitrogen and oxygen atoms in total. The minimum atomic E-state index is -3.45. The van der Waals surface area contributed by atoms with Crippen LogP contribution < -0.4 is 0 Å². The Labute approximate surface area is 193 Å². The lowest BCUT2D eigenvalue weighted by Crippen LogP contribution is -2.50. The molecule has 10 heteroatoms. The molecule has 1 atom stereocenters. The van der Waals surface area contributed by atoms with E-state index < -0.39 is 19.9 Å². The summed E-state index contributed by atoms with van der Waals surface area (Å²) in [6.07, 6.45) is 0.591. The first-order valence-corrected chi connectivity index (χ1v) is 14.8. The normalized spacial score (nSPS) is 21.5. The molecule has 2 saturated heterocycles. The number of sulfone groups is 1. The summed E-state index contributed by atoms with van der Waals surface area (Å²) in [6, 6.07) is 16.3. The largest absolute Gasteiger partial charge is 0.336 e. The number of carbonyl (C=O) groups excluding carboxylic acids is 1. The summed E-state index contributed by atoms with van der Waals surface area (Å²) < 4.78 is 50.6. The van der Waals surface area contributed by atoms with Crippen molar-refractivity contribution in [1.29, 1.82) is 0 Å². The zero-order chi connectivity index (χ0) is 22.8. The third kappa shape index (κ3) is 5.54. The number of amides is 1. The van der Waals surface area contributed by atoms with E-state index in [1.165, 1.54) is 16.1 Å². The highest BCUT2D eigenvalue weighted by Gasteiger charge is 2.32. The average molecular weight is 495 g/mol. The fourth-order valence-electron chi connectivity index (χ4n) is 4.00. The first-order valence-electron chi connectivity index (χ1n) is 10.5. The molecule has 2 fully saturated rings. The van der Waals surface area contributed by atoms with E-state index >= 15 is 0 Å². The van der Waals surface area contributed by atoms with Gasteiger partial charge in [-0.05, 0) is 24.1 Å². The van der Waals surface area contributed by atoms with E-state index in [4.69, 9.17) is 0 Å². The van der Waals surface area contributed by atoms with Crippen LogP contribution in [0.4, 0.5) is 0 Å². The molecule has 32 heavy (non-hydrogen) atoms. The topological polar surface area (TPSA) is 91.8 Å². The zero-order valence-corrected chi connectivity index (χ0v) is 20.0. The molecule has 172 valence electrons. The smallest absolute Gasteiger partial charge is 0.255 e. The van der Waals surface area contributed by atoms with Gasteiger partial charge >= 0.3 is 0 Å². The highest BCUT2D eigenvalue weighted by molar-refractivity contribution is 8.02. The Morgan fingerprint density at radius 2 is 1.62 bits per heavy atom. The number of carbonyl (C=O) groups is 1. The first-order chi connectivity index (χ1) is 15.2. The molecule has 0 aromatic heterocycles. The lowest BCUT2D eigenvalue weighted by molar-refractivity contribution is 0.0694. The van der Waals surface area contributed by atoms with Gasteiger partial charge < -0.3 is 4.90 Å². The molecule has 0 aliphatic carbocycles. The first kappa shape index (κ1) is 23.3. The second-order valence-corrected chi connectivity index (χ2v) is 13.6. The quantitative estimate of drug-likeness (QED) is 0.612. The summed E-state index contributed by atoms with van der Waals surface area (Å²) >= 11 is 1.45. The van der Waals surface area contributed by atoms with Crippen molar-refractivity contribution >= 4 is 37.5 Å². The summed E-state index contributed by atoms with van der Waals surface area (Å²) in [6.45, 7) is 1.17. The van der Waals surface area contributed by atoms with Crippen molar-refractivity contribution in [2.75, 3.05) is 37.7 Å². The maximum Gasteiger partial charge on any atom is 0.255 e. The monoisotopic (exact) mass is 494 g/mol. The SMILES string of the molecule is O=C(c1ccccc1S[C@H]1CCS(=O)(=O)C1)N1CCN(S(=O)(=O)Cc2ccccc2)CC1. The maximum atomic E-state index is 13.2. The van der Waals surface area contributed by atoms with Crippen LogP contribution in [-0.2, 0) is 25.6 Å². The Morgan fingerprint density at radius 3 is 2.28 bits per heavy atom. The van der Waals surface area contributed by atoms with Crippen molar-refractivity contribution in [1.82, 2.24) is 9.21 Å². The van der Waals surface area contributed by atoms with Crippen LogP contribution in [0.25, 0.3) is 0 Å². The lowest BCUT2D eigenvalue weighted by atomic mass is 10.2. The van der Waals surface area contributed by atoms with Crippen LogP contribution in [0.1, 0.15) is 22.3 Å². The van der Waals surface area contributed by atoms with Gasteiger partial charge in [0.25, 0.3) is 5.91 Å². The molecular weight excluding hydrogens is 468 g/mol. The number of nitrogens with zero attached hydrogens (tertiary/aromatic N) is 2. The van der Waals surface area contributed by atoms with Gasteiger partial charge in [-0.25, -0.2) is 16.8 Å². The van der Waals surface area contributed by atoms with Crippen LogP contribution in [0.15, 0.2) is 59.5 Å². The molecule has 0 bridgehead atoms. The molecule has 2 aliphatic rings. The second kappa shape index (κ2) is 9.54. The van der Waals surface area contributed by atoms with Gasteiger partial charge in [-0.1, -0.05) is 42.5 Å². The lowest BCUT2D eigenvalue weighted by Gasteiger charge is -2.34. The molecular formula is C22H26N2O5S3. The van der Waals surface area contributed by atoms with Crippen molar-refractivity contribution in [2.45, 2.75) is 22.3 Å². The van der Waals surface area contributed by atoms with Crippen LogP contribution in [0.2, 0.25) is 0 Å². The molecule has 2 aromatic carbocycles. The molecule has 0 spiro atoms. The van der Waals surface area contributed by atoms with Crippen molar-refractivity contribution in [3.8, 4) is 0 Å². The summed E-state index contributed by atoms with van der Waals surface area (Å²) in [4.78, 5) is 15.7. The minimum Gasteiger partial charge on any atom is -0.336 e. The predicted molar refractivity (Wildman–Crippen MR) is 126 cm³/mol. The highest BCUT2D eigenvalue weighted by Crippen LogP contribution is 2.33. The number of sulfonamides is 1. The molecule has 0 unspecified atom stereocenters. The van der Waals surface area contributed by atoms with Gasteiger partial charge in [0.15, 0.2) is 9.84 Å². The zero-order valence-electron chi connectivity index (χ0n) is 17.6. The number of benzene rings is 2. The number of piperazine rings is 1. The highest BCUT2D eigenvalue weighted by atomic mass is 32.2. The van der Waals surface area contributed by atoms with E-state index in [-0.39, 0.29) is 41.5 Å². The van der Waals surface area contributed by atoms with Gasteiger partial charge in [-0.2, -0.15) is 4.31 Å². The predicted octanol–water partition coefficient (Wildman–Crippen LogP) is 2.25. The summed E-state index contributed by atoms with van der Waals surface area (Å²) in [5.41, 5.74) is 1.29. The average Bonchev–Trinajstić information content (AvgIpc) is 3.12. The van der Waals surface area contributed by atoms with Crippen molar-refractivity contribution in [3.63, 3.8) is 0 Å². The minimum absolute atomic E-state index is 0.0473. The Morgan fingerprint density at radius 1 is 0.969 bits per heavy atom. The molecule has 2 aliphatic heterocycles. The van der Waals surface area contributed by atoms with E-state index in [0.29, 0.717) is 25.1 Å². The fourth-order valence-corrected chi connectivity index (χ4v) is 9.13. The summed E-state index contributed by atoms with van der Waals surface area (Å²) in [7, 11) is -6.44. The van der Waals surface area contributed by atoms with E-state index in [9.17, 15) is 21.6 Å². The van der Waals surface area contributed by atoms with Gasteiger partial charge in [0.1, 0.15) is 0 Å². The van der Waals surface area contributed by atoms with Crippen LogP contribution in [0.3, 0.4) is 0 Å². The van der Waals surface area contributed by atoms with Crippen molar-refractivity contribution in [3.05, 3.63) is 65.7 Å². The summed E-state index contributed by atoms with van der Waals surface area (Å²) in [5, 5.41) is -0.0473. The van der Waals surface area contributed by atoms with Crippen molar-refractivity contribution < 1.29 is 21.6 Å². The van der Waals surface area contributed by atoms with E-state index in [1.54, 1.807) is 29.2 Å². The second-order valence-electron chi connectivity index (χ2n) is 8.07. The molecule has 4 rings (SSSR count). The van der Waals surface area contributed by atoms with Gasteiger partial charge in [0, 0.05) is 36.3 Å². The Hall–Kier alpha value is -1.88. The standard InChI is InChI=1S/C22H26N2O5S3/c25-22(20-8-4-5-9-21(20)30-19-10-15-31(26,27)17-19)23-11-13-24(14-12-23)32(28,29)16-18-6-2-1-3-7-18/h1-9,19H,10-17H2/t19-/m0/s1. The van der Waals surface area contributed by atoms with Crippen molar-refractivity contribution in [2.24, 2.45) is 0 Å². The third-order valence-electron chi connectivity index (χ3n) is 5.71. The molecule has 0 N–H and O–H groups in total. The fraction of sp³-hybridized carbons (Fsp3) is 0.409. The molecule has 2 aromatic rings. The number of hydrogen-bond donors (Lipinski definition) is 0. The number of thioether (sulfide) groups is 1. The van der Waals surface area contributed by atoms with Gasteiger partial charge in [-0.15, -0.1) is 11.8 Å². The number of rotatable bonds is 6. The Kier molecular flexibility index (Phi) is 6.94. The third-order valence-corrected chi connectivity index (χ3v) is 10.9. The van der Waals surface area contributed by atoms with E-state index in [0.717, 1.165) is 10.5 Å². The van der Waals surface area contributed by atoms with Crippen LogP contribution >= 0.6 is 11.8 Å². The maximum absolute atomic E-state index is 13.2. The van der Waals surface area contributed by atoms with Gasteiger partial charge in [0.2, 0.25) is 10.0 Å². The van der Waals surface area contributed by atoms with Gasteiger partial charge in [-0.3, -0.25) is 4.79 Å². The molecule has 2 heterocycles. The Bertz CT molecular complexity index is 1180. The van der Waals surface area contributed by atoms with Crippen LogP contribution in [0.5, 0.6) is 0 Å². The summed E-state index contributed by atoms with van der Waals surface area (Å²) in [5.74, 6) is 0.137. The Balaban J connectivity index is 1.40. The van der Waals surface area contributed by atoms with Crippen LogP contribution in [-0.4, -0.2) is 74.9 Å².